The van der Waals surface area contributed by atoms with Crippen molar-refractivity contribution in [1.82, 2.24) is 4.90 Å². The zero-order valence-electron chi connectivity index (χ0n) is 11.2. The van der Waals surface area contributed by atoms with Crippen molar-refractivity contribution in [1.29, 1.82) is 0 Å². The van der Waals surface area contributed by atoms with Crippen LogP contribution in [0.3, 0.4) is 0 Å². The van der Waals surface area contributed by atoms with Crippen LogP contribution in [0.5, 0.6) is 0 Å². The minimum atomic E-state index is -0.0379. The summed E-state index contributed by atoms with van der Waals surface area (Å²) in [6, 6.07) is 0. The lowest BCUT2D eigenvalue weighted by molar-refractivity contribution is -0.148. The average molecular weight is 239 g/mol. The van der Waals surface area contributed by atoms with E-state index in [1.165, 1.54) is 38.8 Å². The highest BCUT2D eigenvalue weighted by Crippen LogP contribution is 2.33. The molecule has 2 saturated carbocycles. The lowest BCUT2D eigenvalue weighted by Crippen LogP contribution is -2.35. The van der Waals surface area contributed by atoms with Gasteiger partial charge in [0.1, 0.15) is 0 Å². The Morgan fingerprint density at radius 2 is 1.76 bits per heavy atom. The molecule has 2 aliphatic carbocycles. The molecule has 1 unspecified atom stereocenters. The van der Waals surface area contributed by atoms with Gasteiger partial charge < -0.3 is 9.64 Å². The zero-order valence-corrected chi connectivity index (χ0v) is 11.2. The van der Waals surface area contributed by atoms with E-state index in [0.29, 0.717) is 6.61 Å². The van der Waals surface area contributed by atoms with Crippen LogP contribution in [0.1, 0.15) is 39.5 Å². The number of carbonyl (C=O) groups is 1. The molecule has 0 heterocycles. The van der Waals surface area contributed by atoms with Gasteiger partial charge >= 0.3 is 5.97 Å². The van der Waals surface area contributed by atoms with Gasteiger partial charge in [-0.2, -0.15) is 0 Å². The second-order valence-corrected chi connectivity index (χ2v) is 5.76. The predicted octanol–water partition coefficient (Wildman–Crippen LogP) is 2.31. The molecule has 3 nitrogen and oxygen atoms in total. The summed E-state index contributed by atoms with van der Waals surface area (Å²) in [4.78, 5) is 14.1. The summed E-state index contributed by atoms with van der Waals surface area (Å²) in [6.07, 6.45) is 5.54. The van der Waals surface area contributed by atoms with Gasteiger partial charge in [0.2, 0.25) is 0 Å². The van der Waals surface area contributed by atoms with Crippen LogP contribution in [0.25, 0.3) is 0 Å². The van der Waals surface area contributed by atoms with E-state index in [-0.39, 0.29) is 11.9 Å². The summed E-state index contributed by atoms with van der Waals surface area (Å²) in [5, 5.41) is 0. The van der Waals surface area contributed by atoms with Crippen LogP contribution in [0.15, 0.2) is 0 Å². The van der Waals surface area contributed by atoms with Crippen LogP contribution in [0.2, 0.25) is 0 Å². The minimum Gasteiger partial charge on any atom is -0.466 e. The molecule has 0 aromatic rings. The molecule has 98 valence electrons. The Balaban J connectivity index is 1.75. The summed E-state index contributed by atoms with van der Waals surface area (Å²) in [5.74, 6) is 1.79. The van der Waals surface area contributed by atoms with E-state index in [1.807, 2.05) is 13.8 Å². The van der Waals surface area contributed by atoms with Gasteiger partial charge in [-0.1, -0.05) is 6.92 Å². The molecule has 0 saturated heterocycles. The van der Waals surface area contributed by atoms with Crippen molar-refractivity contribution in [3.63, 3.8) is 0 Å². The van der Waals surface area contributed by atoms with Crippen LogP contribution >= 0.6 is 0 Å². The lowest BCUT2D eigenvalue weighted by Gasteiger charge is -2.24. The first kappa shape index (κ1) is 12.9. The van der Waals surface area contributed by atoms with Gasteiger partial charge in [0, 0.05) is 19.6 Å². The zero-order chi connectivity index (χ0) is 12.3. The van der Waals surface area contributed by atoms with Crippen molar-refractivity contribution >= 4 is 5.97 Å². The van der Waals surface area contributed by atoms with Gasteiger partial charge in [0.25, 0.3) is 0 Å². The van der Waals surface area contributed by atoms with Crippen molar-refractivity contribution in [3.8, 4) is 0 Å². The second kappa shape index (κ2) is 5.85. The maximum Gasteiger partial charge on any atom is 0.309 e. The standard InChI is InChI=1S/C14H25NO2/c1-3-17-14(16)11(2)8-15(9-12-4-5-12)10-13-6-7-13/h11-13H,3-10H2,1-2H3. The Kier molecular flexibility index (Phi) is 4.43. The summed E-state index contributed by atoms with van der Waals surface area (Å²) < 4.78 is 5.08. The Hall–Kier alpha value is -0.570. The molecule has 2 aliphatic rings. The number of nitrogens with zero attached hydrogens (tertiary/aromatic N) is 1. The van der Waals surface area contributed by atoms with Crippen molar-refractivity contribution < 1.29 is 9.53 Å². The highest BCUT2D eigenvalue weighted by molar-refractivity contribution is 5.72. The van der Waals surface area contributed by atoms with E-state index in [4.69, 9.17) is 4.74 Å². The van der Waals surface area contributed by atoms with E-state index in [1.54, 1.807) is 0 Å². The topological polar surface area (TPSA) is 29.5 Å². The molecule has 0 aliphatic heterocycles. The first-order chi connectivity index (χ1) is 8.19. The molecule has 1 atom stereocenters. The third-order valence-corrected chi connectivity index (χ3v) is 3.65. The number of hydrogen-bond donors (Lipinski definition) is 0. The lowest BCUT2D eigenvalue weighted by atomic mass is 10.1. The van der Waals surface area contributed by atoms with Crippen molar-refractivity contribution in [2.75, 3.05) is 26.2 Å². The first-order valence-corrected chi connectivity index (χ1v) is 7.08. The highest BCUT2D eigenvalue weighted by Gasteiger charge is 2.30. The molecule has 0 N–H and O–H groups in total. The summed E-state index contributed by atoms with van der Waals surface area (Å²) in [5.41, 5.74) is 0. The van der Waals surface area contributed by atoms with Crippen LogP contribution in [0.4, 0.5) is 0 Å². The Morgan fingerprint density at radius 3 is 2.18 bits per heavy atom. The van der Waals surface area contributed by atoms with Gasteiger partial charge in [-0.3, -0.25) is 4.79 Å². The van der Waals surface area contributed by atoms with Crippen molar-refractivity contribution in [2.45, 2.75) is 39.5 Å². The monoisotopic (exact) mass is 239 g/mol. The maximum atomic E-state index is 11.6. The predicted molar refractivity (Wildman–Crippen MR) is 67.7 cm³/mol. The number of rotatable bonds is 8. The van der Waals surface area contributed by atoms with Crippen molar-refractivity contribution in [2.24, 2.45) is 17.8 Å². The maximum absolute atomic E-state index is 11.6. The van der Waals surface area contributed by atoms with Gasteiger partial charge in [-0.15, -0.1) is 0 Å². The highest BCUT2D eigenvalue weighted by atomic mass is 16.5. The van der Waals surface area contributed by atoms with E-state index < -0.39 is 0 Å². The average Bonchev–Trinajstić information content (AvgIpc) is 3.13. The van der Waals surface area contributed by atoms with Gasteiger partial charge in [-0.05, 0) is 44.4 Å². The molecule has 0 aromatic carbocycles. The molecule has 2 rings (SSSR count). The first-order valence-electron chi connectivity index (χ1n) is 7.08. The smallest absolute Gasteiger partial charge is 0.309 e. The molecular weight excluding hydrogens is 214 g/mol. The molecule has 0 aromatic heterocycles. The Labute approximate surface area is 105 Å². The third-order valence-electron chi connectivity index (χ3n) is 3.65. The quantitative estimate of drug-likeness (QED) is 0.609. The molecule has 0 spiro atoms. The fraction of sp³-hybridized carbons (Fsp3) is 0.929. The Morgan fingerprint density at radius 1 is 1.24 bits per heavy atom. The van der Waals surface area contributed by atoms with Gasteiger partial charge in [0.15, 0.2) is 0 Å². The Bertz CT molecular complexity index is 245. The fourth-order valence-electron chi connectivity index (χ4n) is 2.30. The number of carbonyl (C=O) groups excluding carboxylic acids is 1. The fourth-order valence-corrected chi connectivity index (χ4v) is 2.30. The van der Waals surface area contributed by atoms with Crippen LogP contribution in [-0.2, 0) is 9.53 Å². The van der Waals surface area contributed by atoms with Gasteiger partial charge in [-0.25, -0.2) is 0 Å². The number of hydrogen-bond acceptors (Lipinski definition) is 3. The molecule has 0 radical (unpaired) electrons. The van der Waals surface area contributed by atoms with Crippen LogP contribution < -0.4 is 0 Å². The van der Waals surface area contributed by atoms with E-state index >= 15 is 0 Å². The summed E-state index contributed by atoms with van der Waals surface area (Å²) in [7, 11) is 0. The summed E-state index contributed by atoms with van der Waals surface area (Å²) >= 11 is 0. The molecule has 0 amide bonds. The van der Waals surface area contributed by atoms with Crippen molar-refractivity contribution in [3.05, 3.63) is 0 Å². The van der Waals surface area contributed by atoms with Gasteiger partial charge in [0.05, 0.1) is 12.5 Å². The minimum absolute atomic E-state index is 0.0208. The van der Waals surface area contributed by atoms with Crippen LogP contribution in [0, 0.1) is 17.8 Å². The molecule has 2 fully saturated rings. The van der Waals surface area contributed by atoms with E-state index in [2.05, 4.69) is 4.90 Å². The molecule has 0 bridgehead atoms. The van der Waals surface area contributed by atoms with E-state index in [0.717, 1.165) is 18.4 Å². The molecular formula is C14H25NO2. The third kappa shape index (κ3) is 4.66. The second-order valence-electron chi connectivity index (χ2n) is 5.76. The van der Waals surface area contributed by atoms with E-state index in [9.17, 15) is 4.79 Å². The largest absolute Gasteiger partial charge is 0.466 e. The molecule has 3 heteroatoms. The summed E-state index contributed by atoms with van der Waals surface area (Å²) in [6.45, 7) is 7.63. The number of ether oxygens (including phenoxy) is 1. The number of esters is 1. The SMILES string of the molecule is CCOC(=O)C(C)CN(CC1CC1)CC1CC1. The van der Waals surface area contributed by atoms with Crippen LogP contribution in [-0.4, -0.2) is 37.1 Å². The normalized spacial score (nSPS) is 21.6. The molecule has 17 heavy (non-hydrogen) atoms.